The third-order valence-corrected chi connectivity index (χ3v) is 10.8. The van der Waals surface area contributed by atoms with Crippen LogP contribution in [0.15, 0.2) is 146 Å². The van der Waals surface area contributed by atoms with Crippen LogP contribution < -0.4 is 0 Å². The van der Waals surface area contributed by atoms with Crippen LogP contribution in [0.1, 0.15) is 22.3 Å². The van der Waals surface area contributed by atoms with Crippen molar-refractivity contribution in [1.29, 1.82) is 0 Å². The monoisotopic (exact) mass is 548 g/mol. The summed E-state index contributed by atoms with van der Waals surface area (Å²) in [5, 5.41) is 5.31. The van der Waals surface area contributed by atoms with E-state index in [1.54, 1.807) is 0 Å². The SMILES string of the molecule is c1ccc2c(c1)-c1ccccc1C21c2ccccc2-c2ccc3cc(-c4ccc5sc6ccccc6c5c4)ccc3c21. The molecule has 194 valence electrons. The molecule has 0 saturated carbocycles. The van der Waals surface area contributed by atoms with E-state index < -0.39 is 0 Å². The molecule has 0 fully saturated rings. The van der Waals surface area contributed by atoms with Gasteiger partial charge in [0.1, 0.15) is 0 Å². The molecule has 0 aliphatic heterocycles. The van der Waals surface area contributed by atoms with E-state index in [0.29, 0.717) is 0 Å². The summed E-state index contributed by atoms with van der Waals surface area (Å²) in [4.78, 5) is 0. The van der Waals surface area contributed by atoms with Crippen molar-refractivity contribution in [3.63, 3.8) is 0 Å². The fraction of sp³-hybridized carbons (Fsp3) is 0.0244. The second-order valence-electron chi connectivity index (χ2n) is 11.6. The topological polar surface area (TPSA) is 0 Å². The van der Waals surface area contributed by atoms with E-state index in [1.807, 2.05) is 11.3 Å². The Morgan fingerprint density at radius 3 is 1.69 bits per heavy atom. The standard InChI is InChI=1S/C41H24S/c1-5-13-35-29(9-1)30-10-2-6-14-36(30)41(35)37-15-7-3-11-31(37)33-21-18-27-23-25(17-20-28(27)40(33)41)26-19-22-39-34(24-26)32-12-4-8-16-38(32)42-39/h1-24H. The minimum atomic E-state index is -0.325. The maximum Gasteiger partial charge on any atom is 0.0731 e. The summed E-state index contributed by atoms with van der Waals surface area (Å²) in [6, 6.07) is 54.7. The molecule has 1 heteroatoms. The highest BCUT2D eigenvalue weighted by Crippen LogP contribution is 2.64. The molecule has 0 N–H and O–H groups in total. The molecule has 8 aromatic rings. The molecule has 1 heterocycles. The minimum absolute atomic E-state index is 0.325. The predicted molar refractivity (Wildman–Crippen MR) is 179 cm³/mol. The van der Waals surface area contributed by atoms with E-state index in [-0.39, 0.29) is 5.41 Å². The van der Waals surface area contributed by atoms with Gasteiger partial charge in [0.2, 0.25) is 0 Å². The molecule has 7 aromatic carbocycles. The zero-order valence-electron chi connectivity index (χ0n) is 22.8. The van der Waals surface area contributed by atoms with E-state index >= 15 is 0 Å². The Morgan fingerprint density at radius 1 is 0.381 bits per heavy atom. The van der Waals surface area contributed by atoms with Crippen molar-refractivity contribution >= 4 is 42.3 Å². The minimum Gasteiger partial charge on any atom is -0.135 e. The first kappa shape index (κ1) is 22.7. The van der Waals surface area contributed by atoms with Gasteiger partial charge in [-0.25, -0.2) is 0 Å². The third kappa shape index (κ3) is 2.72. The van der Waals surface area contributed by atoms with Gasteiger partial charge >= 0.3 is 0 Å². The molecule has 1 aromatic heterocycles. The highest BCUT2D eigenvalue weighted by molar-refractivity contribution is 7.25. The first-order chi connectivity index (χ1) is 20.8. The molecular weight excluding hydrogens is 525 g/mol. The van der Waals surface area contributed by atoms with Crippen LogP contribution in [0.3, 0.4) is 0 Å². The van der Waals surface area contributed by atoms with Crippen molar-refractivity contribution < 1.29 is 0 Å². The van der Waals surface area contributed by atoms with Crippen molar-refractivity contribution in [2.45, 2.75) is 5.41 Å². The van der Waals surface area contributed by atoms with Gasteiger partial charge in [-0.2, -0.15) is 0 Å². The highest BCUT2D eigenvalue weighted by Gasteiger charge is 2.52. The Labute approximate surface area is 248 Å². The van der Waals surface area contributed by atoms with E-state index in [0.717, 1.165) is 0 Å². The van der Waals surface area contributed by atoms with Crippen LogP contribution in [0.4, 0.5) is 0 Å². The summed E-state index contributed by atoms with van der Waals surface area (Å²) >= 11 is 1.88. The predicted octanol–water partition coefficient (Wildman–Crippen LogP) is 11.2. The average molecular weight is 549 g/mol. The van der Waals surface area contributed by atoms with Crippen LogP contribution in [0.5, 0.6) is 0 Å². The molecule has 0 amide bonds. The second-order valence-corrected chi connectivity index (χ2v) is 12.7. The van der Waals surface area contributed by atoms with Gasteiger partial charge in [0.05, 0.1) is 5.41 Å². The average Bonchev–Trinajstić information content (AvgIpc) is 3.68. The zero-order valence-corrected chi connectivity index (χ0v) is 23.6. The molecule has 1 spiro atoms. The molecule has 2 aliphatic rings. The lowest BCUT2D eigenvalue weighted by molar-refractivity contribution is 0.801. The largest absolute Gasteiger partial charge is 0.135 e. The number of hydrogen-bond donors (Lipinski definition) is 0. The van der Waals surface area contributed by atoms with Crippen LogP contribution in [0, 0.1) is 0 Å². The lowest BCUT2D eigenvalue weighted by atomic mass is 9.69. The van der Waals surface area contributed by atoms with Crippen LogP contribution in [-0.4, -0.2) is 0 Å². The molecular formula is C41H24S. The van der Waals surface area contributed by atoms with Gasteiger partial charge in [-0.1, -0.05) is 121 Å². The third-order valence-electron chi connectivity index (χ3n) is 9.68. The lowest BCUT2D eigenvalue weighted by Crippen LogP contribution is -2.26. The molecule has 42 heavy (non-hydrogen) atoms. The smallest absolute Gasteiger partial charge is 0.0731 e. The summed E-state index contributed by atoms with van der Waals surface area (Å²) in [5.74, 6) is 0. The zero-order chi connectivity index (χ0) is 27.4. The summed E-state index contributed by atoms with van der Waals surface area (Å²) < 4.78 is 2.69. The molecule has 0 bridgehead atoms. The van der Waals surface area contributed by atoms with Crippen molar-refractivity contribution in [2.24, 2.45) is 0 Å². The molecule has 2 aliphatic carbocycles. The van der Waals surface area contributed by atoms with Crippen molar-refractivity contribution in [3.8, 4) is 33.4 Å². The number of thiophene rings is 1. The molecule has 0 radical (unpaired) electrons. The fourth-order valence-electron chi connectivity index (χ4n) is 8.02. The number of fused-ring (bicyclic) bond motifs is 15. The number of rotatable bonds is 1. The maximum atomic E-state index is 2.40. The van der Waals surface area contributed by atoms with Crippen LogP contribution in [-0.2, 0) is 5.41 Å². The fourth-order valence-corrected chi connectivity index (χ4v) is 9.10. The first-order valence-electron chi connectivity index (χ1n) is 14.6. The van der Waals surface area contributed by atoms with E-state index in [2.05, 4.69) is 146 Å². The molecule has 0 unspecified atom stereocenters. The Bertz CT molecular complexity index is 2360. The molecule has 10 rings (SSSR count). The normalized spacial score (nSPS) is 13.9. The van der Waals surface area contributed by atoms with Gasteiger partial charge in [-0.15, -0.1) is 11.3 Å². The van der Waals surface area contributed by atoms with Crippen molar-refractivity contribution in [3.05, 3.63) is 168 Å². The van der Waals surface area contributed by atoms with Gasteiger partial charge in [0, 0.05) is 20.2 Å². The Hall–Kier alpha value is -4.98. The summed E-state index contributed by atoms with van der Waals surface area (Å²) in [6.45, 7) is 0. The van der Waals surface area contributed by atoms with E-state index in [1.165, 1.54) is 86.6 Å². The molecule has 0 atom stereocenters. The van der Waals surface area contributed by atoms with Gasteiger partial charge in [-0.05, 0) is 90.7 Å². The summed E-state index contributed by atoms with van der Waals surface area (Å²) in [5.41, 5.74) is 13.2. The van der Waals surface area contributed by atoms with Crippen molar-refractivity contribution in [1.82, 2.24) is 0 Å². The maximum absolute atomic E-state index is 2.40. The van der Waals surface area contributed by atoms with Crippen LogP contribution in [0.2, 0.25) is 0 Å². The highest BCUT2D eigenvalue weighted by atomic mass is 32.1. The quantitative estimate of drug-likeness (QED) is 0.191. The Morgan fingerprint density at radius 2 is 0.952 bits per heavy atom. The van der Waals surface area contributed by atoms with Crippen LogP contribution >= 0.6 is 11.3 Å². The first-order valence-corrected chi connectivity index (χ1v) is 15.4. The van der Waals surface area contributed by atoms with Gasteiger partial charge in [0.15, 0.2) is 0 Å². The Balaban J connectivity index is 1.26. The van der Waals surface area contributed by atoms with Crippen molar-refractivity contribution in [2.75, 3.05) is 0 Å². The van der Waals surface area contributed by atoms with Gasteiger partial charge in [0.25, 0.3) is 0 Å². The number of benzene rings is 7. The second kappa shape index (κ2) is 8.06. The molecule has 0 nitrogen and oxygen atoms in total. The van der Waals surface area contributed by atoms with Gasteiger partial charge < -0.3 is 0 Å². The summed E-state index contributed by atoms with van der Waals surface area (Å²) in [6.07, 6.45) is 0. The molecule has 0 saturated heterocycles. The number of hydrogen-bond acceptors (Lipinski definition) is 1. The Kier molecular flexibility index (Phi) is 4.35. The van der Waals surface area contributed by atoms with E-state index in [9.17, 15) is 0 Å². The summed E-state index contributed by atoms with van der Waals surface area (Å²) in [7, 11) is 0. The lowest BCUT2D eigenvalue weighted by Gasteiger charge is -2.31. The van der Waals surface area contributed by atoms with Gasteiger partial charge in [-0.3, -0.25) is 0 Å². The van der Waals surface area contributed by atoms with Crippen LogP contribution in [0.25, 0.3) is 64.3 Å². The van der Waals surface area contributed by atoms with E-state index in [4.69, 9.17) is 0 Å².